The Balaban J connectivity index is 2.21. The highest BCUT2D eigenvalue weighted by Gasteiger charge is 2.60. The minimum Gasteiger partial charge on any atom is -0.589 e. The fourth-order valence-electron chi connectivity index (χ4n) is 4.18. The van der Waals surface area contributed by atoms with Gasteiger partial charge in [0.15, 0.2) is 10.9 Å². The Bertz CT molecular complexity index is 1050. The van der Waals surface area contributed by atoms with Crippen molar-refractivity contribution in [1.29, 1.82) is 0 Å². The van der Waals surface area contributed by atoms with Crippen molar-refractivity contribution in [1.82, 2.24) is 4.98 Å². The van der Waals surface area contributed by atoms with E-state index in [9.17, 15) is 14.5 Å². The van der Waals surface area contributed by atoms with Crippen LogP contribution in [0.15, 0.2) is 102 Å². The summed E-state index contributed by atoms with van der Waals surface area (Å²) >= 11 is 0. The summed E-state index contributed by atoms with van der Waals surface area (Å²) in [4.78, 5) is 17.1. The normalized spacial score (nSPS) is 14.1. The van der Waals surface area contributed by atoms with Gasteiger partial charge in [-0.2, -0.15) is 0 Å². The summed E-state index contributed by atoms with van der Waals surface area (Å²) in [5, 5.41) is 11.9. The van der Waals surface area contributed by atoms with Crippen molar-refractivity contribution < 1.29 is 14.5 Å². The highest BCUT2D eigenvalue weighted by molar-refractivity contribution is 7.21. The number of thiazole rings is 1. The van der Waals surface area contributed by atoms with Crippen LogP contribution in [-0.2, 0) is 15.7 Å². The van der Waals surface area contributed by atoms with Crippen molar-refractivity contribution in [2.75, 3.05) is 0 Å². The van der Waals surface area contributed by atoms with Gasteiger partial charge in [-0.1, -0.05) is 91.0 Å². The molecular formula is C24H20N2O3S. The number of carbonyl (C=O) groups is 1. The highest BCUT2D eigenvalue weighted by Crippen LogP contribution is 2.51. The molecule has 0 aliphatic rings. The van der Waals surface area contributed by atoms with E-state index in [1.54, 1.807) is 0 Å². The molecule has 30 heavy (non-hydrogen) atoms. The zero-order chi connectivity index (χ0) is 21.2. The first-order valence-corrected chi connectivity index (χ1v) is 10.6. The summed E-state index contributed by atoms with van der Waals surface area (Å²) in [7, 11) is -1.52. The minimum absolute atomic E-state index is 0.0601. The molecule has 0 radical (unpaired) electrons. The van der Waals surface area contributed by atoms with Crippen molar-refractivity contribution in [3.8, 4) is 0 Å². The molecule has 0 amide bonds. The van der Waals surface area contributed by atoms with E-state index in [0.717, 1.165) is 0 Å². The Kier molecular flexibility index (Phi) is 5.22. The first-order valence-electron chi connectivity index (χ1n) is 9.36. The fraction of sp³-hybridized carbons (Fsp3) is 0.0833. The fourth-order valence-corrected chi connectivity index (χ4v) is 4.93. The van der Waals surface area contributed by atoms with Gasteiger partial charge in [-0.3, -0.25) is 0 Å². The van der Waals surface area contributed by atoms with Crippen molar-refractivity contribution in [3.63, 3.8) is 0 Å². The van der Waals surface area contributed by atoms with Gasteiger partial charge < -0.3 is 15.4 Å². The number of carboxylic acids is 1. The van der Waals surface area contributed by atoms with Gasteiger partial charge in [0.2, 0.25) is 5.51 Å². The maximum absolute atomic E-state index is 12.9. The summed E-state index contributed by atoms with van der Waals surface area (Å²) in [5.74, 6) is -1.26. The first-order chi connectivity index (χ1) is 14.5. The van der Waals surface area contributed by atoms with Gasteiger partial charge >= 0.3 is 5.97 Å². The van der Waals surface area contributed by atoms with Gasteiger partial charge in [-0.25, -0.2) is 9.78 Å². The van der Waals surface area contributed by atoms with E-state index in [-0.39, 0.29) is 5.69 Å². The average Bonchev–Trinajstić information content (AvgIpc) is 3.23. The summed E-state index contributed by atoms with van der Waals surface area (Å²) in [6.45, 7) is 0. The molecule has 1 aromatic heterocycles. The Morgan fingerprint density at radius 3 is 1.53 bits per heavy atom. The zero-order valence-electron chi connectivity index (χ0n) is 16.0. The SMILES string of the molecule is NC(C(=O)O)(c1c[s+]([O-])cn1)C(c1ccccc1)(c1ccccc1)c1ccccc1. The van der Waals surface area contributed by atoms with Gasteiger partial charge in [-0.05, 0) is 27.4 Å². The van der Waals surface area contributed by atoms with Crippen LogP contribution < -0.4 is 5.73 Å². The van der Waals surface area contributed by atoms with Crippen LogP contribution in [0.1, 0.15) is 22.4 Å². The molecule has 4 aromatic rings. The predicted octanol–water partition coefficient (Wildman–Crippen LogP) is 4.08. The smallest absolute Gasteiger partial charge is 0.331 e. The number of aromatic nitrogens is 1. The third kappa shape index (κ3) is 2.93. The molecule has 5 nitrogen and oxygen atoms in total. The van der Waals surface area contributed by atoms with Crippen LogP contribution >= 0.6 is 10.8 Å². The lowest BCUT2D eigenvalue weighted by atomic mass is 9.57. The van der Waals surface area contributed by atoms with Gasteiger partial charge in [0.1, 0.15) is 5.69 Å². The van der Waals surface area contributed by atoms with E-state index in [0.29, 0.717) is 16.7 Å². The lowest BCUT2D eigenvalue weighted by molar-refractivity contribution is -0.146. The van der Waals surface area contributed by atoms with Crippen LogP contribution in [0, 0.1) is 0 Å². The number of carboxylic acid groups (broad SMARTS) is 1. The average molecular weight is 417 g/mol. The maximum atomic E-state index is 12.9. The van der Waals surface area contributed by atoms with Crippen LogP contribution in [0.25, 0.3) is 0 Å². The van der Waals surface area contributed by atoms with Crippen LogP contribution in [0.4, 0.5) is 0 Å². The summed E-state index contributed by atoms with van der Waals surface area (Å²) < 4.78 is 12.1. The molecule has 0 bridgehead atoms. The summed E-state index contributed by atoms with van der Waals surface area (Å²) in [6, 6.07) is 27.9. The molecule has 3 N–H and O–H groups in total. The largest absolute Gasteiger partial charge is 0.589 e. The highest BCUT2D eigenvalue weighted by atomic mass is 32.2. The van der Waals surface area contributed by atoms with Crippen LogP contribution in [0.2, 0.25) is 0 Å². The van der Waals surface area contributed by atoms with Gasteiger partial charge in [0.25, 0.3) is 0 Å². The van der Waals surface area contributed by atoms with E-state index in [2.05, 4.69) is 4.98 Å². The molecule has 0 aliphatic heterocycles. The van der Waals surface area contributed by atoms with E-state index in [1.165, 1.54) is 10.9 Å². The van der Waals surface area contributed by atoms with Crippen molar-refractivity contribution >= 4 is 16.7 Å². The number of benzene rings is 3. The predicted molar refractivity (Wildman–Crippen MR) is 116 cm³/mol. The number of rotatable bonds is 6. The summed E-state index contributed by atoms with van der Waals surface area (Å²) in [6.07, 6.45) is 0. The third-order valence-electron chi connectivity index (χ3n) is 5.48. The molecule has 2 atom stereocenters. The molecule has 0 saturated heterocycles. The number of aliphatic carboxylic acids is 1. The Labute approximate surface area is 177 Å². The molecule has 150 valence electrons. The molecular weight excluding hydrogens is 396 g/mol. The van der Waals surface area contributed by atoms with Crippen LogP contribution in [-0.4, -0.2) is 20.6 Å². The second-order valence-electron chi connectivity index (χ2n) is 7.03. The Morgan fingerprint density at radius 1 is 0.833 bits per heavy atom. The first kappa shape index (κ1) is 20.0. The molecule has 0 aliphatic carbocycles. The van der Waals surface area contributed by atoms with Gasteiger partial charge in [0.05, 0.1) is 5.41 Å². The molecule has 4 rings (SSSR count). The maximum Gasteiger partial charge on any atom is 0.331 e. The summed E-state index contributed by atoms with van der Waals surface area (Å²) in [5.41, 5.74) is 6.87. The minimum atomic E-state index is -2.03. The second-order valence-corrected chi connectivity index (χ2v) is 8.13. The standard InChI is InChI=1S/C24H20N2O3S/c25-24(22(27)28,21-16-30(29)17-26-21)23(18-10-4-1-5-11-18,19-12-6-2-7-13-19)20-14-8-3-9-15-20/h1-17H,25H2,(H,27,28). The van der Waals surface area contributed by atoms with E-state index < -0.39 is 27.7 Å². The molecule has 0 spiro atoms. The molecule has 3 aromatic carbocycles. The molecule has 6 heteroatoms. The van der Waals surface area contributed by atoms with E-state index in [4.69, 9.17) is 5.73 Å². The Morgan fingerprint density at radius 2 is 1.23 bits per heavy atom. The molecule has 1 heterocycles. The zero-order valence-corrected chi connectivity index (χ0v) is 16.8. The van der Waals surface area contributed by atoms with E-state index >= 15 is 0 Å². The third-order valence-corrected chi connectivity index (χ3v) is 6.25. The number of nitrogens with zero attached hydrogens (tertiary/aromatic N) is 1. The quantitative estimate of drug-likeness (QED) is 0.364. The van der Waals surface area contributed by atoms with Crippen molar-refractivity contribution in [2.24, 2.45) is 5.73 Å². The molecule has 2 unspecified atom stereocenters. The molecule has 0 saturated carbocycles. The van der Waals surface area contributed by atoms with E-state index in [1.807, 2.05) is 91.0 Å². The monoisotopic (exact) mass is 416 g/mol. The second kappa shape index (κ2) is 7.84. The van der Waals surface area contributed by atoms with Crippen molar-refractivity contribution in [2.45, 2.75) is 11.0 Å². The van der Waals surface area contributed by atoms with Crippen molar-refractivity contribution in [3.05, 3.63) is 124 Å². The van der Waals surface area contributed by atoms with Crippen LogP contribution in [0.5, 0.6) is 0 Å². The Hall–Kier alpha value is -3.32. The number of nitrogens with two attached hydrogens (primary N) is 1. The lowest BCUT2D eigenvalue weighted by Crippen LogP contribution is -2.62. The van der Waals surface area contributed by atoms with Gasteiger partial charge in [0, 0.05) is 0 Å². The number of hydrogen-bond acceptors (Lipinski definition) is 4. The van der Waals surface area contributed by atoms with Gasteiger partial charge in [-0.15, -0.1) is 0 Å². The topological polar surface area (TPSA) is 99.3 Å². The number of hydrogen-bond donors (Lipinski definition) is 2. The lowest BCUT2D eigenvalue weighted by Gasteiger charge is -2.46. The molecule has 0 fully saturated rings. The van der Waals surface area contributed by atoms with Crippen LogP contribution in [0.3, 0.4) is 0 Å².